The van der Waals surface area contributed by atoms with Crippen LogP contribution in [0.3, 0.4) is 0 Å². The highest BCUT2D eigenvalue weighted by Gasteiger charge is 2.40. The minimum atomic E-state index is -0.628. The number of carbonyl (C=O) groups excluding carboxylic acids is 2. The molecule has 0 saturated heterocycles. The highest BCUT2D eigenvalue weighted by Crippen LogP contribution is 2.25. The van der Waals surface area contributed by atoms with Gasteiger partial charge in [0.05, 0.1) is 0 Å². The molecule has 1 N–H and O–H groups in total. The van der Waals surface area contributed by atoms with E-state index in [0.29, 0.717) is 0 Å². The SMILES string of the molecule is Cc1cccc(C)c1NC(=O)C1c2cccc[n+]2CC(=O)N1C.[I-]. The van der Waals surface area contributed by atoms with Gasteiger partial charge in [0.1, 0.15) is 0 Å². The Bertz CT molecular complexity index is 771. The third kappa shape index (κ3) is 3.28. The fourth-order valence-corrected chi connectivity index (χ4v) is 2.99. The lowest BCUT2D eigenvalue weighted by molar-refractivity contribution is -0.698. The molecule has 2 aromatic rings. The molecular formula is C18H20IN3O2. The summed E-state index contributed by atoms with van der Waals surface area (Å²) in [5.74, 6) is -0.270. The normalized spacial score (nSPS) is 16.2. The van der Waals surface area contributed by atoms with Gasteiger partial charge in [0.15, 0.2) is 12.2 Å². The summed E-state index contributed by atoms with van der Waals surface area (Å²) in [5.41, 5.74) is 3.64. The van der Waals surface area contributed by atoms with Crippen LogP contribution in [0.4, 0.5) is 5.69 Å². The Morgan fingerprint density at radius 3 is 2.50 bits per heavy atom. The van der Waals surface area contributed by atoms with Crippen LogP contribution in [0.2, 0.25) is 0 Å². The number of halogens is 1. The fourth-order valence-electron chi connectivity index (χ4n) is 2.99. The number of para-hydroxylation sites is 1. The minimum absolute atomic E-state index is 0. The smallest absolute Gasteiger partial charge is 0.289 e. The Morgan fingerprint density at radius 1 is 1.17 bits per heavy atom. The maximum Gasteiger partial charge on any atom is 0.289 e. The predicted molar refractivity (Wildman–Crippen MR) is 86.7 cm³/mol. The Balaban J connectivity index is 0.00000208. The second kappa shape index (κ2) is 7.29. The third-order valence-corrected chi connectivity index (χ3v) is 4.32. The summed E-state index contributed by atoms with van der Waals surface area (Å²) in [6.45, 7) is 4.18. The molecular weight excluding hydrogens is 417 g/mol. The number of hydrogen-bond acceptors (Lipinski definition) is 2. The molecule has 1 aliphatic rings. The number of benzene rings is 1. The lowest BCUT2D eigenvalue weighted by Crippen LogP contribution is -3.00. The third-order valence-electron chi connectivity index (χ3n) is 4.32. The second-order valence-electron chi connectivity index (χ2n) is 5.92. The van der Waals surface area contributed by atoms with Crippen molar-refractivity contribution < 1.29 is 38.1 Å². The van der Waals surface area contributed by atoms with Crippen molar-refractivity contribution in [2.75, 3.05) is 12.4 Å². The van der Waals surface area contributed by atoms with Gasteiger partial charge in [0.25, 0.3) is 11.8 Å². The zero-order chi connectivity index (χ0) is 16.6. The molecule has 0 radical (unpaired) electrons. The molecule has 24 heavy (non-hydrogen) atoms. The molecule has 126 valence electrons. The Morgan fingerprint density at radius 2 is 1.83 bits per heavy atom. The number of fused-ring (bicyclic) bond motifs is 1. The van der Waals surface area contributed by atoms with Gasteiger partial charge in [-0.3, -0.25) is 9.59 Å². The van der Waals surface area contributed by atoms with Crippen LogP contribution in [0.1, 0.15) is 22.9 Å². The van der Waals surface area contributed by atoms with Crippen molar-refractivity contribution in [3.63, 3.8) is 0 Å². The second-order valence-corrected chi connectivity index (χ2v) is 5.92. The fraction of sp³-hybridized carbons (Fsp3) is 0.278. The van der Waals surface area contributed by atoms with Crippen LogP contribution in [0.5, 0.6) is 0 Å². The van der Waals surface area contributed by atoms with Gasteiger partial charge in [-0.2, -0.15) is 4.57 Å². The number of anilines is 1. The van der Waals surface area contributed by atoms with E-state index in [0.717, 1.165) is 22.5 Å². The first-order valence-electron chi connectivity index (χ1n) is 7.60. The Kier molecular flexibility index (Phi) is 5.58. The molecule has 0 aliphatic carbocycles. The van der Waals surface area contributed by atoms with Crippen LogP contribution in [-0.4, -0.2) is 23.8 Å². The molecule has 5 nitrogen and oxygen atoms in total. The van der Waals surface area contributed by atoms with Crippen LogP contribution < -0.4 is 33.9 Å². The van der Waals surface area contributed by atoms with Gasteiger partial charge < -0.3 is 34.2 Å². The summed E-state index contributed by atoms with van der Waals surface area (Å²) >= 11 is 0. The number of carbonyl (C=O) groups is 2. The monoisotopic (exact) mass is 437 g/mol. The zero-order valence-electron chi connectivity index (χ0n) is 13.9. The molecule has 2 amide bonds. The lowest BCUT2D eigenvalue weighted by Gasteiger charge is -2.29. The van der Waals surface area contributed by atoms with Crippen molar-refractivity contribution in [3.8, 4) is 0 Å². The van der Waals surface area contributed by atoms with Crippen molar-refractivity contribution >= 4 is 17.5 Å². The molecule has 0 saturated carbocycles. The maximum absolute atomic E-state index is 12.9. The van der Waals surface area contributed by atoms with E-state index in [2.05, 4.69) is 5.32 Å². The van der Waals surface area contributed by atoms with Crippen molar-refractivity contribution in [3.05, 3.63) is 59.4 Å². The van der Waals surface area contributed by atoms with Gasteiger partial charge in [-0.15, -0.1) is 0 Å². The van der Waals surface area contributed by atoms with Gasteiger partial charge in [-0.05, 0) is 25.0 Å². The maximum atomic E-state index is 12.9. The van der Waals surface area contributed by atoms with Gasteiger partial charge in [-0.25, -0.2) is 0 Å². The van der Waals surface area contributed by atoms with Crippen molar-refractivity contribution in [1.29, 1.82) is 0 Å². The van der Waals surface area contributed by atoms with E-state index in [1.807, 2.05) is 61.0 Å². The number of hydrogen-bond donors (Lipinski definition) is 1. The Hall–Kier alpha value is -1.96. The molecule has 0 fully saturated rings. The minimum Gasteiger partial charge on any atom is -1.00 e. The first-order chi connectivity index (χ1) is 11.0. The van der Waals surface area contributed by atoms with Gasteiger partial charge in [-0.1, -0.05) is 24.3 Å². The van der Waals surface area contributed by atoms with Gasteiger partial charge in [0, 0.05) is 24.9 Å². The van der Waals surface area contributed by atoms with E-state index in [9.17, 15) is 9.59 Å². The van der Waals surface area contributed by atoms with Crippen LogP contribution in [0, 0.1) is 13.8 Å². The number of nitrogens with zero attached hydrogens (tertiary/aromatic N) is 2. The molecule has 0 bridgehead atoms. The van der Waals surface area contributed by atoms with Crippen molar-refractivity contribution in [2.45, 2.75) is 26.4 Å². The van der Waals surface area contributed by atoms with E-state index in [-0.39, 0.29) is 42.3 Å². The number of aromatic nitrogens is 1. The summed E-state index contributed by atoms with van der Waals surface area (Å²) in [5, 5.41) is 2.99. The number of nitrogens with one attached hydrogen (secondary N) is 1. The molecule has 2 heterocycles. The van der Waals surface area contributed by atoms with E-state index < -0.39 is 6.04 Å². The summed E-state index contributed by atoms with van der Waals surface area (Å²) in [6, 6.07) is 10.9. The molecule has 6 heteroatoms. The number of rotatable bonds is 2. The van der Waals surface area contributed by atoms with E-state index in [1.54, 1.807) is 7.05 Å². The molecule has 1 aromatic heterocycles. The van der Waals surface area contributed by atoms with Crippen LogP contribution in [-0.2, 0) is 16.1 Å². The number of likely N-dealkylation sites (N-methyl/N-ethyl adjacent to an activating group) is 1. The van der Waals surface area contributed by atoms with Crippen LogP contribution in [0.25, 0.3) is 0 Å². The zero-order valence-corrected chi connectivity index (χ0v) is 16.1. The number of amides is 2. The largest absolute Gasteiger partial charge is 1.00 e. The topological polar surface area (TPSA) is 53.3 Å². The van der Waals surface area contributed by atoms with Crippen molar-refractivity contribution in [1.82, 2.24) is 4.90 Å². The van der Waals surface area contributed by atoms with Crippen LogP contribution >= 0.6 is 0 Å². The molecule has 1 unspecified atom stereocenters. The summed E-state index contributed by atoms with van der Waals surface area (Å²) in [7, 11) is 1.67. The van der Waals surface area contributed by atoms with E-state index >= 15 is 0 Å². The number of aryl methyl sites for hydroxylation is 2. The summed E-state index contributed by atoms with van der Waals surface area (Å²) in [6.07, 6.45) is 1.83. The molecule has 1 aliphatic heterocycles. The van der Waals surface area contributed by atoms with Crippen LogP contribution in [0.15, 0.2) is 42.6 Å². The van der Waals surface area contributed by atoms with Gasteiger partial charge in [0.2, 0.25) is 12.2 Å². The van der Waals surface area contributed by atoms with Gasteiger partial charge >= 0.3 is 0 Å². The highest BCUT2D eigenvalue weighted by molar-refractivity contribution is 5.98. The summed E-state index contributed by atoms with van der Waals surface area (Å²) < 4.78 is 1.83. The molecule has 1 aromatic carbocycles. The molecule has 3 rings (SSSR count). The number of pyridine rings is 1. The van der Waals surface area contributed by atoms with E-state index in [4.69, 9.17) is 0 Å². The molecule has 0 spiro atoms. The quantitative estimate of drug-likeness (QED) is 0.472. The predicted octanol–water partition coefficient (Wildman–Crippen LogP) is -1.25. The highest BCUT2D eigenvalue weighted by atomic mass is 127. The summed E-state index contributed by atoms with van der Waals surface area (Å²) in [4.78, 5) is 26.6. The van der Waals surface area contributed by atoms with E-state index in [1.165, 1.54) is 4.90 Å². The molecule has 1 atom stereocenters. The first-order valence-corrected chi connectivity index (χ1v) is 7.60. The first kappa shape index (κ1) is 18.4. The Labute approximate surface area is 158 Å². The average Bonchev–Trinajstić information content (AvgIpc) is 2.52. The lowest BCUT2D eigenvalue weighted by atomic mass is 10.1. The standard InChI is InChI=1S/C18H19N3O2.HI/c1-12-7-6-8-13(2)16(12)19-18(23)17-14-9-4-5-10-21(14)11-15(22)20(17)3;/h4-10,17H,11H2,1-3H3;1H. The average molecular weight is 437 g/mol. The van der Waals surface area contributed by atoms with Crippen molar-refractivity contribution in [2.24, 2.45) is 0 Å².